The van der Waals surface area contributed by atoms with Gasteiger partial charge in [-0.25, -0.2) is 0 Å². The van der Waals surface area contributed by atoms with Gasteiger partial charge in [0.25, 0.3) is 5.91 Å². The van der Waals surface area contributed by atoms with Crippen LogP contribution in [0.3, 0.4) is 0 Å². The first-order chi connectivity index (χ1) is 9.72. The fourth-order valence-electron chi connectivity index (χ4n) is 1.65. The maximum absolute atomic E-state index is 12.2. The van der Waals surface area contributed by atoms with E-state index in [1.807, 2.05) is 26.8 Å². The molecule has 0 atom stereocenters. The predicted molar refractivity (Wildman–Crippen MR) is 82.0 cm³/mol. The molecule has 1 fully saturated rings. The van der Waals surface area contributed by atoms with Crippen molar-refractivity contribution < 1.29 is 14.3 Å². The van der Waals surface area contributed by atoms with Gasteiger partial charge in [0.15, 0.2) is 0 Å². The van der Waals surface area contributed by atoms with E-state index in [1.165, 1.54) is 0 Å². The molecule has 1 heterocycles. The van der Waals surface area contributed by atoms with Gasteiger partial charge in [0.2, 0.25) is 0 Å². The first-order valence-corrected chi connectivity index (χ1v) is 6.92. The van der Waals surface area contributed by atoms with Gasteiger partial charge in [0.05, 0.1) is 19.8 Å². The van der Waals surface area contributed by atoms with E-state index in [4.69, 9.17) is 9.47 Å². The van der Waals surface area contributed by atoms with E-state index in [0.29, 0.717) is 38.6 Å². The summed E-state index contributed by atoms with van der Waals surface area (Å²) >= 11 is 0. The van der Waals surface area contributed by atoms with Gasteiger partial charge in [-0.1, -0.05) is 19.9 Å². The lowest BCUT2D eigenvalue weighted by Crippen LogP contribution is -2.41. The van der Waals surface area contributed by atoms with Gasteiger partial charge >= 0.3 is 0 Å². The molecule has 0 aliphatic carbocycles. The number of ether oxygens (including phenoxy) is 2. The van der Waals surface area contributed by atoms with Crippen LogP contribution in [0.2, 0.25) is 0 Å². The molecular formula is C15H26N2O3. The molecule has 1 amide bonds. The normalized spacial score (nSPS) is 16.3. The Kier molecular flexibility index (Phi) is 10.5. The average molecular weight is 282 g/mol. The van der Waals surface area contributed by atoms with Crippen molar-refractivity contribution in [3.8, 4) is 0 Å². The Morgan fingerprint density at radius 1 is 1.40 bits per heavy atom. The Morgan fingerprint density at radius 2 is 2.00 bits per heavy atom. The second-order valence-electron chi connectivity index (χ2n) is 3.89. The number of amides is 1. The fraction of sp³-hybridized carbons (Fsp3) is 0.600. The molecule has 0 aromatic heterocycles. The van der Waals surface area contributed by atoms with Crippen molar-refractivity contribution >= 4 is 12.6 Å². The van der Waals surface area contributed by atoms with Crippen LogP contribution in [-0.4, -0.2) is 57.5 Å². The third kappa shape index (κ3) is 6.12. The third-order valence-electron chi connectivity index (χ3n) is 2.69. The number of aliphatic imine (C=N–C) groups is 1. The Labute approximate surface area is 122 Å². The van der Waals surface area contributed by atoms with E-state index in [9.17, 15) is 4.79 Å². The van der Waals surface area contributed by atoms with Crippen LogP contribution in [0.1, 0.15) is 20.8 Å². The van der Waals surface area contributed by atoms with Crippen molar-refractivity contribution in [1.29, 1.82) is 0 Å². The van der Waals surface area contributed by atoms with E-state index in [2.05, 4.69) is 11.7 Å². The number of nitrogens with zero attached hydrogens (tertiary/aromatic N) is 2. The van der Waals surface area contributed by atoms with Crippen LogP contribution in [0.5, 0.6) is 0 Å². The second kappa shape index (κ2) is 11.4. The van der Waals surface area contributed by atoms with E-state index in [1.54, 1.807) is 18.1 Å². The van der Waals surface area contributed by atoms with Crippen LogP contribution in [0, 0.1) is 0 Å². The minimum atomic E-state index is -0.108. The van der Waals surface area contributed by atoms with E-state index < -0.39 is 0 Å². The molecule has 0 aromatic carbocycles. The smallest absolute Gasteiger partial charge is 0.272 e. The highest BCUT2D eigenvalue weighted by atomic mass is 16.5. The molecule has 0 unspecified atom stereocenters. The molecule has 5 nitrogen and oxygen atoms in total. The van der Waals surface area contributed by atoms with E-state index >= 15 is 0 Å². The Bertz CT molecular complexity index is 356. The van der Waals surface area contributed by atoms with Crippen molar-refractivity contribution in [2.75, 3.05) is 40.0 Å². The summed E-state index contributed by atoms with van der Waals surface area (Å²) in [6.45, 7) is 12.1. The maximum Gasteiger partial charge on any atom is 0.272 e. The van der Waals surface area contributed by atoms with Gasteiger partial charge < -0.3 is 14.4 Å². The third-order valence-corrected chi connectivity index (χ3v) is 2.69. The van der Waals surface area contributed by atoms with Gasteiger partial charge in [-0.3, -0.25) is 9.79 Å². The summed E-state index contributed by atoms with van der Waals surface area (Å²) in [5.41, 5.74) is 1.25. The Balaban J connectivity index is 0.00000172. The lowest BCUT2D eigenvalue weighted by Gasteiger charge is -2.26. The zero-order valence-corrected chi connectivity index (χ0v) is 13.0. The minimum absolute atomic E-state index is 0.108. The highest BCUT2D eigenvalue weighted by Gasteiger charge is 2.20. The summed E-state index contributed by atoms with van der Waals surface area (Å²) in [6, 6.07) is 0. The number of morpholine rings is 1. The molecule has 1 rings (SSSR count). The number of allylic oxidation sites excluding steroid dienone is 1. The largest absolute Gasteiger partial charge is 0.380 e. The zero-order chi connectivity index (χ0) is 15.4. The van der Waals surface area contributed by atoms with Crippen LogP contribution >= 0.6 is 0 Å². The molecule has 1 saturated heterocycles. The van der Waals surface area contributed by atoms with Crippen molar-refractivity contribution in [2.24, 2.45) is 4.99 Å². The van der Waals surface area contributed by atoms with Gasteiger partial charge in [-0.15, -0.1) is 0 Å². The Morgan fingerprint density at radius 3 is 2.45 bits per heavy atom. The molecule has 0 spiro atoms. The standard InChI is InChI=1S/C13H20N2O3.C2H6/c1-4-11(10-17-3)9-12(14-2)13(16)15-5-7-18-8-6-15;1-2/h4,9H,2,5-8,10H2,1,3H3;1-2H3/b11-4+,12-9-;. The molecule has 0 N–H and O–H groups in total. The average Bonchev–Trinajstić information content (AvgIpc) is 2.53. The van der Waals surface area contributed by atoms with Crippen LogP contribution in [0.4, 0.5) is 0 Å². The molecule has 0 bridgehead atoms. The molecule has 0 saturated carbocycles. The predicted octanol–water partition coefficient (Wildman–Crippen LogP) is 2.05. The summed E-state index contributed by atoms with van der Waals surface area (Å²) in [4.78, 5) is 17.7. The number of carbonyl (C=O) groups excluding carboxylic acids is 1. The lowest BCUT2D eigenvalue weighted by molar-refractivity contribution is -0.131. The van der Waals surface area contributed by atoms with Gasteiger partial charge in [0.1, 0.15) is 5.70 Å². The number of hydrogen-bond acceptors (Lipinski definition) is 4. The molecule has 5 heteroatoms. The quantitative estimate of drug-likeness (QED) is 0.440. The monoisotopic (exact) mass is 282 g/mol. The zero-order valence-electron chi connectivity index (χ0n) is 13.0. The number of hydrogen-bond donors (Lipinski definition) is 0. The Hall–Kier alpha value is -1.46. The second-order valence-corrected chi connectivity index (χ2v) is 3.89. The van der Waals surface area contributed by atoms with Crippen molar-refractivity contribution in [2.45, 2.75) is 20.8 Å². The summed E-state index contributed by atoms with van der Waals surface area (Å²) in [5.74, 6) is -0.108. The molecule has 20 heavy (non-hydrogen) atoms. The SMILES string of the molecule is C=N/C(=C\C(=C/C)COC)C(=O)N1CCOCC1.CC. The van der Waals surface area contributed by atoms with Gasteiger partial charge in [-0.05, 0) is 25.3 Å². The molecular weight excluding hydrogens is 256 g/mol. The molecule has 1 aliphatic heterocycles. The highest BCUT2D eigenvalue weighted by Crippen LogP contribution is 2.10. The van der Waals surface area contributed by atoms with Crippen molar-refractivity contribution in [1.82, 2.24) is 4.90 Å². The first-order valence-electron chi connectivity index (χ1n) is 6.92. The number of carbonyl (C=O) groups is 1. The lowest BCUT2D eigenvalue weighted by atomic mass is 10.2. The summed E-state index contributed by atoms with van der Waals surface area (Å²) < 4.78 is 10.3. The summed E-state index contributed by atoms with van der Waals surface area (Å²) in [6.07, 6.45) is 3.61. The van der Waals surface area contributed by atoms with Gasteiger partial charge in [0, 0.05) is 20.2 Å². The molecule has 0 aromatic rings. The van der Waals surface area contributed by atoms with Crippen molar-refractivity contribution in [3.63, 3.8) is 0 Å². The fourth-order valence-corrected chi connectivity index (χ4v) is 1.65. The van der Waals surface area contributed by atoms with Crippen LogP contribution in [0.25, 0.3) is 0 Å². The molecule has 1 aliphatic rings. The number of rotatable bonds is 5. The van der Waals surface area contributed by atoms with Crippen LogP contribution < -0.4 is 0 Å². The molecule has 0 radical (unpaired) electrons. The van der Waals surface area contributed by atoms with Crippen molar-refractivity contribution in [3.05, 3.63) is 23.4 Å². The highest BCUT2D eigenvalue weighted by molar-refractivity contribution is 5.94. The van der Waals surface area contributed by atoms with E-state index in [0.717, 1.165) is 5.57 Å². The summed E-state index contributed by atoms with van der Waals surface area (Å²) in [5, 5.41) is 0. The van der Waals surface area contributed by atoms with Crippen LogP contribution in [-0.2, 0) is 14.3 Å². The first kappa shape index (κ1) is 18.5. The minimum Gasteiger partial charge on any atom is -0.380 e. The summed E-state index contributed by atoms with van der Waals surface area (Å²) in [7, 11) is 1.61. The maximum atomic E-state index is 12.2. The van der Waals surface area contributed by atoms with Gasteiger partial charge in [-0.2, -0.15) is 0 Å². The molecule has 114 valence electrons. The topological polar surface area (TPSA) is 51.1 Å². The number of methoxy groups -OCH3 is 1. The van der Waals surface area contributed by atoms with Crippen LogP contribution in [0.15, 0.2) is 28.4 Å². The van der Waals surface area contributed by atoms with E-state index in [-0.39, 0.29) is 5.91 Å².